The van der Waals surface area contributed by atoms with Gasteiger partial charge in [-0.05, 0) is 47.8 Å². The molecule has 7 heteroatoms. The van der Waals surface area contributed by atoms with Gasteiger partial charge in [0, 0.05) is 15.5 Å². The first-order valence-electron chi connectivity index (χ1n) is 7.41. The number of halogens is 1. The van der Waals surface area contributed by atoms with E-state index in [1.54, 1.807) is 11.3 Å². The lowest BCUT2D eigenvalue weighted by Crippen LogP contribution is -2.11. The van der Waals surface area contributed by atoms with E-state index in [0.29, 0.717) is 10.6 Å². The number of hydrogen-bond acceptors (Lipinski definition) is 5. The monoisotopic (exact) mass is 429 g/mol. The van der Waals surface area contributed by atoms with Gasteiger partial charge in [-0.1, -0.05) is 22.0 Å². The van der Waals surface area contributed by atoms with E-state index in [-0.39, 0.29) is 5.91 Å². The van der Waals surface area contributed by atoms with Gasteiger partial charge < -0.3 is 11.1 Å². The summed E-state index contributed by atoms with van der Waals surface area (Å²) in [6, 6.07) is 15.3. The van der Waals surface area contributed by atoms with Crippen LogP contribution in [-0.2, 0) is 0 Å². The Morgan fingerprint density at radius 3 is 2.64 bits per heavy atom. The summed E-state index contributed by atoms with van der Waals surface area (Å²) in [6.45, 7) is 0. The van der Waals surface area contributed by atoms with Crippen LogP contribution < -0.4 is 11.1 Å². The highest BCUT2D eigenvalue weighted by molar-refractivity contribution is 9.10. The third kappa shape index (κ3) is 3.18. The lowest BCUT2D eigenvalue weighted by Gasteiger charge is -2.04. The molecule has 0 unspecified atom stereocenters. The Morgan fingerprint density at radius 1 is 1.12 bits per heavy atom. The second-order valence-corrected chi connectivity index (χ2v) is 8.19. The van der Waals surface area contributed by atoms with Gasteiger partial charge in [-0.15, -0.1) is 22.7 Å². The number of benzene rings is 1. The summed E-state index contributed by atoms with van der Waals surface area (Å²) in [5.41, 5.74) is 8.28. The lowest BCUT2D eigenvalue weighted by molar-refractivity contribution is 0.103. The molecule has 0 fully saturated rings. The van der Waals surface area contributed by atoms with Crippen LogP contribution in [0.4, 0.5) is 11.4 Å². The molecule has 0 radical (unpaired) electrons. The highest BCUT2D eigenvalue weighted by Gasteiger charge is 2.18. The van der Waals surface area contributed by atoms with Crippen LogP contribution in [0.2, 0.25) is 0 Å². The van der Waals surface area contributed by atoms with Crippen molar-refractivity contribution in [3.05, 3.63) is 63.3 Å². The Balaban J connectivity index is 1.68. The van der Waals surface area contributed by atoms with Crippen LogP contribution >= 0.6 is 38.6 Å². The van der Waals surface area contributed by atoms with Crippen LogP contribution in [-0.4, -0.2) is 10.9 Å². The zero-order valence-electron chi connectivity index (χ0n) is 12.8. The minimum Gasteiger partial charge on any atom is -0.397 e. The van der Waals surface area contributed by atoms with Crippen molar-refractivity contribution in [1.29, 1.82) is 0 Å². The average Bonchev–Trinajstić information content (AvgIpc) is 3.25. The standard InChI is InChI=1S/C18H12BrN3OS2/c19-10-3-5-11(6-4-10)21-17(23)16-15(20)12-7-8-13(22-18(12)25-16)14-2-1-9-24-14/h1-9H,20H2,(H,21,23). The van der Waals surface area contributed by atoms with Crippen LogP contribution in [0.25, 0.3) is 20.8 Å². The number of thiophene rings is 2. The third-order valence-electron chi connectivity index (χ3n) is 3.68. The van der Waals surface area contributed by atoms with Gasteiger partial charge in [-0.25, -0.2) is 4.98 Å². The Labute approximate surface area is 160 Å². The van der Waals surface area contributed by atoms with Crippen LogP contribution in [0.1, 0.15) is 9.67 Å². The van der Waals surface area contributed by atoms with E-state index < -0.39 is 0 Å². The summed E-state index contributed by atoms with van der Waals surface area (Å²) in [4.78, 5) is 19.6. The number of carbonyl (C=O) groups is 1. The predicted octanol–water partition coefficient (Wildman–Crippen LogP) is 5.62. The SMILES string of the molecule is Nc1c(C(=O)Nc2ccc(Br)cc2)sc2nc(-c3cccs3)ccc12. The van der Waals surface area contributed by atoms with Crippen molar-refractivity contribution in [3.63, 3.8) is 0 Å². The molecule has 0 spiro atoms. The maximum Gasteiger partial charge on any atom is 0.267 e. The van der Waals surface area contributed by atoms with E-state index in [9.17, 15) is 4.79 Å². The number of pyridine rings is 1. The number of hydrogen-bond donors (Lipinski definition) is 2. The van der Waals surface area contributed by atoms with Gasteiger partial charge in [0.05, 0.1) is 16.3 Å². The van der Waals surface area contributed by atoms with E-state index in [2.05, 4.69) is 26.2 Å². The van der Waals surface area contributed by atoms with Crippen LogP contribution in [0.15, 0.2) is 58.4 Å². The molecule has 0 atom stereocenters. The van der Waals surface area contributed by atoms with Gasteiger partial charge in [-0.2, -0.15) is 0 Å². The number of anilines is 2. The number of nitrogens with two attached hydrogens (primary N) is 1. The number of nitrogens with zero attached hydrogens (tertiary/aromatic N) is 1. The molecular weight excluding hydrogens is 418 g/mol. The van der Waals surface area contributed by atoms with E-state index in [1.165, 1.54) is 11.3 Å². The molecule has 0 saturated carbocycles. The summed E-state index contributed by atoms with van der Waals surface area (Å²) < 4.78 is 0.956. The van der Waals surface area contributed by atoms with Crippen LogP contribution in [0.3, 0.4) is 0 Å². The summed E-state index contributed by atoms with van der Waals surface area (Å²) >= 11 is 6.32. The zero-order chi connectivity index (χ0) is 17.4. The second kappa shape index (κ2) is 6.59. The van der Waals surface area contributed by atoms with Gasteiger partial charge in [0.2, 0.25) is 0 Å². The van der Waals surface area contributed by atoms with Gasteiger partial charge in [0.25, 0.3) is 5.91 Å². The number of nitrogens with one attached hydrogen (secondary N) is 1. The number of aromatic nitrogens is 1. The van der Waals surface area contributed by atoms with Crippen LogP contribution in [0.5, 0.6) is 0 Å². The first-order valence-corrected chi connectivity index (χ1v) is 9.90. The van der Waals surface area contributed by atoms with Crippen molar-refractivity contribution in [2.24, 2.45) is 0 Å². The molecular formula is C18H12BrN3OS2. The van der Waals surface area contributed by atoms with E-state index in [1.807, 2.05) is 53.9 Å². The van der Waals surface area contributed by atoms with Crippen molar-refractivity contribution in [3.8, 4) is 10.6 Å². The first kappa shape index (κ1) is 16.3. The average molecular weight is 430 g/mol. The molecule has 1 aromatic carbocycles. The van der Waals surface area contributed by atoms with Crippen molar-refractivity contribution < 1.29 is 4.79 Å². The van der Waals surface area contributed by atoms with Gasteiger partial charge in [0.1, 0.15) is 9.71 Å². The van der Waals surface area contributed by atoms with E-state index in [0.717, 1.165) is 30.9 Å². The van der Waals surface area contributed by atoms with Crippen molar-refractivity contribution in [2.45, 2.75) is 0 Å². The zero-order valence-corrected chi connectivity index (χ0v) is 16.0. The Morgan fingerprint density at radius 2 is 1.92 bits per heavy atom. The number of fused-ring (bicyclic) bond motifs is 1. The van der Waals surface area contributed by atoms with Crippen molar-refractivity contribution in [1.82, 2.24) is 4.98 Å². The fraction of sp³-hybridized carbons (Fsp3) is 0. The number of amides is 1. The van der Waals surface area contributed by atoms with Gasteiger partial charge in [-0.3, -0.25) is 4.79 Å². The maximum atomic E-state index is 12.6. The minimum absolute atomic E-state index is 0.222. The number of rotatable bonds is 3. The highest BCUT2D eigenvalue weighted by Crippen LogP contribution is 2.35. The largest absolute Gasteiger partial charge is 0.397 e. The molecule has 0 aliphatic heterocycles. The summed E-state index contributed by atoms with van der Waals surface area (Å²) in [7, 11) is 0. The molecule has 1 amide bonds. The smallest absolute Gasteiger partial charge is 0.267 e. The highest BCUT2D eigenvalue weighted by atomic mass is 79.9. The number of nitrogen functional groups attached to an aromatic ring is 1. The van der Waals surface area contributed by atoms with Crippen molar-refractivity contribution in [2.75, 3.05) is 11.1 Å². The molecule has 3 N–H and O–H groups in total. The lowest BCUT2D eigenvalue weighted by atomic mass is 10.2. The Hall–Kier alpha value is -2.22. The van der Waals surface area contributed by atoms with Crippen molar-refractivity contribution >= 4 is 66.1 Å². The maximum absolute atomic E-state index is 12.6. The molecule has 124 valence electrons. The molecule has 25 heavy (non-hydrogen) atoms. The molecule has 0 saturated heterocycles. The summed E-state index contributed by atoms with van der Waals surface area (Å²) in [6.07, 6.45) is 0. The van der Waals surface area contributed by atoms with Crippen LogP contribution in [0, 0.1) is 0 Å². The second-order valence-electron chi connectivity index (χ2n) is 5.33. The number of carbonyl (C=O) groups excluding carboxylic acids is 1. The predicted molar refractivity (Wildman–Crippen MR) is 109 cm³/mol. The fourth-order valence-corrected chi connectivity index (χ4v) is 4.40. The topological polar surface area (TPSA) is 68.0 Å². The quantitative estimate of drug-likeness (QED) is 0.443. The molecule has 0 bridgehead atoms. The molecule has 4 rings (SSSR count). The molecule has 4 aromatic rings. The Bertz CT molecular complexity index is 1060. The normalized spacial score (nSPS) is 10.9. The fourth-order valence-electron chi connectivity index (χ4n) is 2.45. The Kier molecular flexibility index (Phi) is 4.29. The summed E-state index contributed by atoms with van der Waals surface area (Å²) in [5.74, 6) is -0.222. The first-order chi connectivity index (χ1) is 12.1. The summed E-state index contributed by atoms with van der Waals surface area (Å²) in [5, 5.41) is 5.70. The van der Waals surface area contributed by atoms with E-state index >= 15 is 0 Å². The van der Waals surface area contributed by atoms with Gasteiger partial charge in [0.15, 0.2) is 0 Å². The minimum atomic E-state index is -0.222. The van der Waals surface area contributed by atoms with Gasteiger partial charge >= 0.3 is 0 Å². The molecule has 0 aliphatic rings. The molecule has 3 aromatic heterocycles. The van der Waals surface area contributed by atoms with E-state index in [4.69, 9.17) is 5.73 Å². The molecule has 0 aliphatic carbocycles. The molecule has 4 nitrogen and oxygen atoms in total. The molecule has 3 heterocycles. The third-order valence-corrected chi connectivity index (χ3v) is 6.21.